The van der Waals surface area contributed by atoms with Crippen LogP contribution in [-0.2, 0) is 28.2 Å². The number of fused-ring (bicyclic) bond motifs is 3. The number of benzene rings is 1. The van der Waals surface area contributed by atoms with Gasteiger partial charge in [0.1, 0.15) is 18.0 Å². The fourth-order valence-corrected chi connectivity index (χ4v) is 5.14. The molecule has 10 heteroatoms. The number of rotatable bonds is 8. The van der Waals surface area contributed by atoms with Crippen molar-refractivity contribution in [3.63, 3.8) is 0 Å². The highest BCUT2D eigenvalue weighted by atomic mass is 32.1. The van der Waals surface area contributed by atoms with Gasteiger partial charge in [0, 0.05) is 36.6 Å². The average molecular weight is 470 g/mol. The van der Waals surface area contributed by atoms with Crippen LogP contribution in [0.2, 0.25) is 0 Å². The van der Waals surface area contributed by atoms with Gasteiger partial charge in [-0.2, -0.15) is 14.6 Å². The number of anilines is 1. The third kappa shape index (κ3) is 4.14. The molecular formula is C23H27N5O4S. The number of aromatic amines is 1. The predicted octanol–water partition coefficient (Wildman–Crippen LogP) is 3.89. The fraction of sp³-hybridized carbons (Fsp3) is 0.478. The molecule has 0 spiro atoms. The Labute approximate surface area is 196 Å². The van der Waals surface area contributed by atoms with Crippen LogP contribution in [0.1, 0.15) is 54.4 Å². The smallest absolute Gasteiger partial charge is 0.306 e. The molecule has 0 saturated carbocycles. The van der Waals surface area contributed by atoms with E-state index < -0.39 is 11.6 Å². The van der Waals surface area contributed by atoms with Gasteiger partial charge in [0.15, 0.2) is 5.82 Å². The number of nitriles is 1. The van der Waals surface area contributed by atoms with Crippen LogP contribution in [-0.4, -0.2) is 46.1 Å². The molecule has 0 bridgehead atoms. The normalized spacial score (nSPS) is 17.5. The zero-order chi connectivity index (χ0) is 23.8. The molecule has 1 aliphatic heterocycles. The Kier molecular flexibility index (Phi) is 6.28. The van der Waals surface area contributed by atoms with Crippen LogP contribution < -0.4 is 9.64 Å². The third-order valence-electron chi connectivity index (χ3n) is 5.99. The number of ether oxygens (including phenoxy) is 2. The van der Waals surface area contributed by atoms with Crippen molar-refractivity contribution < 1.29 is 19.4 Å². The van der Waals surface area contributed by atoms with Gasteiger partial charge in [0.2, 0.25) is 5.13 Å². The predicted molar refractivity (Wildman–Crippen MR) is 125 cm³/mol. The Hall–Kier alpha value is -3.16. The molecule has 33 heavy (non-hydrogen) atoms. The molecule has 2 aromatic heterocycles. The Morgan fingerprint density at radius 3 is 2.91 bits per heavy atom. The summed E-state index contributed by atoms with van der Waals surface area (Å²) >= 11 is 1.30. The van der Waals surface area contributed by atoms with E-state index in [4.69, 9.17) is 9.47 Å². The number of carboxylic acid groups (broad SMARTS) is 1. The fourth-order valence-electron chi connectivity index (χ4n) is 4.55. The third-order valence-corrected chi connectivity index (χ3v) is 6.91. The van der Waals surface area contributed by atoms with Crippen LogP contribution >= 0.6 is 11.5 Å². The minimum absolute atomic E-state index is 0.130. The molecule has 174 valence electrons. The van der Waals surface area contributed by atoms with E-state index in [1.807, 2.05) is 32.8 Å². The summed E-state index contributed by atoms with van der Waals surface area (Å²) in [4.78, 5) is 21.5. The van der Waals surface area contributed by atoms with Gasteiger partial charge in [-0.25, -0.2) is 0 Å². The summed E-state index contributed by atoms with van der Waals surface area (Å²) in [6.07, 6.45) is 1.84. The summed E-state index contributed by atoms with van der Waals surface area (Å²) in [6.45, 7) is 4.54. The lowest BCUT2D eigenvalue weighted by atomic mass is 9.84. The zero-order valence-electron chi connectivity index (χ0n) is 19.2. The van der Waals surface area contributed by atoms with Gasteiger partial charge < -0.3 is 24.5 Å². The van der Waals surface area contributed by atoms with Gasteiger partial charge in [0.25, 0.3) is 0 Å². The molecule has 3 aromatic rings. The van der Waals surface area contributed by atoms with Crippen LogP contribution in [0.4, 0.5) is 5.13 Å². The first kappa shape index (κ1) is 23.0. The lowest BCUT2D eigenvalue weighted by Gasteiger charge is -2.36. The molecule has 0 radical (unpaired) electrons. The number of carbonyl (C=O) groups is 1. The van der Waals surface area contributed by atoms with E-state index in [1.165, 1.54) is 11.5 Å². The number of aryl methyl sites for hydroxylation is 1. The molecule has 1 atom stereocenters. The van der Waals surface area contributed by atoms with Crippen LogP contribution in [0.25, 0.3) is 10.9 Å². The number of carboxylic acids is 1. The molecule has 1 aliphatic rings. The SMILES string of the molecule is CCCC1(CC(=O)O)OCCc2c1[nH]c1c(C)c(OCc3nsc(N(C)C)n3)cc(C#N)c21. The van der Waals surface area contributed by atoms with Crippen molar-refractivity contribution in [3.8, 4) is 11.8 Å². The van der Waals surface area contributed by atoms with Crippen LogP contribution in [0, 0.1) is 18.3 Å². The Morgan fingerprint density at radius 1 is 1.48 bits per heavy atom. The standard InChI is InChI=1S/C23H27N5O4S/c1-5-7-23(10-18(29)30)21-15(6-8-32-23)19-14(11-24)9-16(13(2)20(19)26-21)31-12-17-25-22(28(3)4)33-27-17/h9,26H,5-8,10,12H2,1-4H3,(H,29,30). The molecule has 9 nitrogen and oxygen atoms in total. The summed E-state index contributed by atoms with van der Waals surface area (Å²) in [5.74, 6) is 0.229. The van der Waals surface area contributed by atoms with Gasteiger partial charge in [-0.15, -0.1) is 0 Å². The largest absolute Gasteiger partial charge is 0.485 e. The number of nitrogens with zero attached hydrogens (tertiary/aromatic N) is 4. The zero-order valence-corrected chi connectivity index (χ0v) is 20.0. The van der Waals surface area contributed by atoms with Gasteiger partial charge in [0.05, 0.1) is 35.9 Å². The quantitative estimate of drug-likeness (QED) is 0.509. The van der Waals surface area contributed by atoms with Crippen molar-refractivity contribution in [1.82, 2.24) is 14.3 Å². The van der Waals surface area contributed by atoms with E-state index in [0.717, 1.165) is 39.3 Å². The van der Waals surface area contributed by atoms with E-state index in [2.05, 4.69) is 20.4 Å². The van der Waals surface area contributed by atoms with Gasteiger partial charge in [-0.3, -0.25) is 4.79 Å². The second-order valence-corrected chi connectivity index (χ2v) is 9.21. The summed E-state index contributed by atoms with van der Waals surface area (Å²) < 4.78 is 16.5. The Bertz CT molecular complexity index is 1240. The number of nitrogens with one attached hydrogen (secondary N) is 1. The highest BCUT2D eigenvalue weighted by Gasteiger charge is 2.42. The molecule has 0 amide bonds. The summed E-state index contributed by atoms with van der Waals surface area (Å²) in [5, 5.41) is 21.1. The lowest BCUT2D eigenvalue weighted by molar-refractivity contribution is -0.149. The molecule has 3 heterocycles. The maximum absolute atomic E-state index is 11.7. The molecule has 1 unspecified atom stereocenters. The van der Waals surface area contributed by atoms with Crippen molar-refractivity contribution in [2.24, 2.45) is 0 Å². The van der Waals surface area contributed by atoms with Gasteiger partial charge >= 0.3 is 5.97 Å². The van der Waals surface area contributed by atoms with Crippen LogP contribution in [0.15, 0.2) is 6.07 Å². The highest BCUT2D eigenvalue weighted by Crippen LogP contribution is 2.45. The number of aromatic nitrogens is 3. The van der Waals surface area contributed by atoms with Crippen molar-refractivity contribution in [2.75, 3.05) is 25.6 Å². The van der Waals surface area contributed by atoms with Crippen molar-refractivity contribution >= 4 is 33.5 Å². The van der Waals surface area contributed by atoms with Crippen molar-refractivity contribution in [3.05, 3.63) is 34.3 Å². The second kappa shape index (κ2) is 9.00. The van der Waals surface area contributed by atoms with E-state index in [1.54, 1.807) is 6.07 Å². The molecule has 1 aromatic carbocycles. The number of H-pyrrole nitrogens is 1. The van der Waals surface area contributed by atoms with E-state index in [0.29, 0.717) is 36.6 Å². The molecule has 0 saturated heterocycles. The van der Waals surface area contributed by atoms with Crippen LogP contribution in [0.5, 0.6) is 5.75 Å². The summed E-state index contributed by atoms with van der Waals surface area (Å²) in [6, 6.07) is 4.05. The first-order chi connectivity index (χ1) is 15.8. The maximum Gasteiger partial charge on any atom is 0.306 e. The minimum Gasteiger partial charge on any atom is -0.485 e. The van der Waals surface area contributed by atoms with E-state index >= 15 is 0 Å². The van der Waals surface area contributed by atoms with Crippen molar-refractivity contribution in [1.29, 1.82) is 5.26 Å². The van der Waals surface area contributed by atoms with Crippen molar-refractivity contribution in [2.45, 2.75) is 51.7 Å². The molecular weight excluding hydrogens is 442 g/mol. The Balaban J connectivity index is 1.78. The van der Waals surface area contributed by atoms with E-state index in [-0.39, 0.29) is 13.0 Å². The minimum atomic E-state index is -0.930. The molecule has 2 N–H and O–H groups in total. The van der Waals surface area contributed by atoms with E-state index in [9.17, 15) is 15.2 Å². The monoisotopic (exact) mass is 469 g/mol. The summed E-state index contributed by atoms with van der Waals surface area (Å²) in [5.41, 5.74) is 2.93. The second-order valence-electron chi connectivity index (χ2n) is 8.48. The van der Waals surface area contributed by atoms with Gasteiger partial charge in [-0.05, 0) is 31.4 Å². The lowest BCUT2D eigenvalue weighted by Crippen LogP contribution is -2.37. The number of hydrogen-bond donors (Lipinski definition) is 2. The first-order valence-corrected chi connectivity index (χ1v) is 11.6. The van der Waals surface area contributed by atoms with Gasteiger partial charge in [-0.1, -0.05) is 13.3 Å². The maximum atomic E-state index is 11.7. The number of hydrogen-bond acceptors (Lipinski definition) is 8. The molecule has 0 fully saturated rings. The molecule has 4 rings (SSSR count). The topological polar surface area (TPSA) is 124 Å². The summed E-state index contributed by atoms with van der Waals surface area (Å²) in [7, 11) is 3.81. The highest BCUT2D eigenvalue weighted by molar-refractivity contribution is 7.09. The average Bonchev–Trinajstić information content (AvgIpc) is 3.40. The van der Waals surface area contributed by atoms with Crippen LogP contribution in [0.3, 0.4) is 0 Å². The molecule has 0 aliphatic carbocycles. The Morgan fingerprint density at radius 2 is 2.27 bits per heavy atom. The number of aliphatic carboxylic acids is 1. The first-order valence-electron chi connectivity index (χ1n) is 10.9.